The molecular weight excluding hydrogens is 448 g/mol. The molecule has 3 unspecified atom stereocenters. The summed E-state index contributed by atoms with van der Waals surface area (Å²) in [5.41, 5.74) is 0.912. The number of aryl methyl sites for hydroxylation is 2. The third-order valence-electron chi connectivity index (χ3n) is 5.79. The van der Waals surface area contributed by atoms with Gasteiger partial charge in [-0.2, -0.15) is 5.10 Å². The Balaban J connectivity index is 1.83. The molecule has 2 aliphatic heterocycles. The molecule has 184 valence electrons. The smallest absolute Gasteiger partial charge is 0.305 e. The summed E-state index contributed by atoms with van der Waals surface area (Å²) in [5, 5.41) is 20.4. The zero-order chi connectivity index (χ0) is 25.0. The predicted octanol–water partition coefficient (Wildman–Crippen LogP) is -1.00. The third kappa shape index (κ3) is 5.24. The van der Waals surface area contributed by atoms with E-state index in [1.54, 1.807) is 13.0 Å². The molecular formula is C21H28N6O7. The van der Waals surface area contributed by atoms with Crippen molar-refractivity contribution in [1.29, 1.82) is 0 Å². The number of hydrogen-bond acceptors (Lipinski definition) is 7. The van der Waals surface area contributed by atoms with Crippen molar-refractivity contribution in [3.05, 3.63) is 17.5 Å². The van der Waals surface area contributed by atoms with Crippen molar-refractivity contribution < 1.29 is 33.9 Å². The van der Waals surface area contributed by atoms with E-state index in [1.165, 1.54) is 9.69 Å². The molecule has 4 amide bonds. The van der Waals surface area contributed by atoms with Gasteiger partial charge in [0.2, 0.25) is 11.8 Å². The number of aromatic nitrogens is 2. The molecule has 2 aliphatic rings. The van der Waals surface area contributed by atoms with Crippen LogP contribution < -0.4 is 10.6 Å². The highest BCUT2D eigenvalue weighted by Gasteiger charge is 2.45. The zero-order valence-electron chi connectivity index (χ0n) is 19.0. The zero-order valence-corrected chi connectivity index (χ0v) is 19.0. The highest BCUT2D eigenvalue weighted by atomic mass is 16.4. The van der Waals surface area contributed by atoms with Crippen LogP contribution in [0.4, 0.5) is 0 Å². The molecule has 3 atom stereocenters. The number of aliphatic carboxylic acids is 1. The molecule has 13 heteroatoms. The average molecular weight is 476 g/mol. The van der Waals surface area contributed by atoms with Crippen molar-refractivity contribution in [3.63, 3.8) is 0 Å². The number of carbonyl (C=O) groups excluding carboxylic acids is 5. The molecule has 3 N–H and O–H groups in total. The molecule has 3 heterocycles. The first-order chi connectivity index (χ1) is 16.2. The van der Waals surface area contributed by atoms with E-state index in [2.05, 4.69) is 15.7 Å². The van der Waals surface area contributed by atoms with Crippen LogP contribution >= 0.6 is 0 Å². The lowest BCUT2D eigenvalue weighted by atomic mass is 10.0. The van der Waals surface area contributed by atoms with Crippen molar-refractivity contribution in [3.8, 4) is 0 Å². The minimum atomic E-state index is -1.27. The first kappa shape index (κ1) is 24.9. The van der Waals surface area contributed by atoms with Gasteiger partial charge in [-0.15, -0.1) is 0 Å². The standard InChI is InChI=1S/C21H28N6O7/c1-3-25-16(9-12(2)24-25)20(33)23-14-6-7-17(29)26-8-4-5-15(27(26)21(14)34)19(32)22-13(11-28)10-18(30)31/h9,11,13-15H,3-8,10H2,1-2H3,(H,22,32)(H,23,33)(H,30,31). The molecule has 13 nitrogen and oxygen atoms in total. The number of hydrazine groups is 1. The quantitative estimate of drug-likeness (QED) is 0.401. The maximum Gasteiger partial charge on any atom is 0.305 e. The number of amides is 4. The van der Waals surface area contributed by atoms with E-state index in [1.807, 2.05) is 6.92 Å². The van der Waals surface area contributed by atoms with E-state index < -0.39 is 48.2 Å². The van der Waals surface area contributed by atoms with Gasteiger partial charge < -0.3 is 20.5 Å². The van der Waals surface area contributed by atoms with Crippen LogP contribution in [0.3, 0.4) is 0 Å². The fourth-order valence-corrected chi connectivity index (χ4v) is 4.21. The van der Waals surface area contributed by atoms with Gasteiger partial charge in [-0.1, -0.05) is 0 Å². The molecule has 34 heavy (non-hydrogen) atoms. The minimum absolute atomic E-state index is 0.0103. The van der Waals surface area contributed by atoms with Gasteiger partial charge >= 0.3 is 5.97 Å². The highest BCUT2D eigenvalue weighted by Crippen LogP contribution is 2.25. The van der Waals surface area contributed by atoms with Crippen molar-refractivity contribution in [2.75, 3.05) is 6.54 Å². The third-order valence-corrected chi connectivity index (χ3v) is 5.79. The topological polar surface area (TPSA) is 171 Å². The Bertz CT molecular complexity index is 1010. The second-order valence-corrected chi connectivity index (χ2v) is 8.26. The number of hydrogen-bond donors (Lipinski definition) is 3. The summed E-state index contributed by atoms with van der Waals surface area (Å²) < 4.78 is 1.50. The predicted molar refractivity (Wildman–Crippen MR) is 115 cm³/mol. The largest absolute Gasteiger partial charge is 0.481 e. The van der Waals surface area contributed by atoms with Crippen LogP contribution in [-0.2, 0) is 30.5 Å². The van der Waals surface area contributed by atoms with Crippen LogP contribution in [0.15, 0.2) is 6.07 Å². The van der Waals surface area contributed by atoms with Gasteiger partial charge in [-0.25, -0.2) is 5.01 Å². The normalized spacial score (nSPS) is 21.4. The van der Waals surface area contributed by atoms with Gasteiger partial charge in [0.15, 0.2) is 0 Å². The number of carboxylic acid groups (broad SMARTS) is 1. The lowest BCUT2D eigenvalue weighted by molar-refractivity contribution is -0.176. The van der Waals surface area contributed by atoms with Crippen LogP contribution in [0.1, 0.15) is 55.2 Å². The van der Waals surface area contributed by atoms with E-state index >= 15 is 0 Å². The fourth-order valence-electron chi connectivity index (χ4n) is 4.21. The Morgan fingerprint density at radius 3 is 2.68 bits per heavy atom. The van der Waals surface area contributed by atoms with Crippen LogP contribution in [0.5, 0.6) is 0 Å². The van der Waals surface area contributed by atoms with Crippen LogP contribution in [0, 0.1) is 6.92 Å². The molecule has 1 aromatic heterocycles. The van der Waals surface area contributed by atoms with Crippen molar-refractivity contribution in [2.24, 2.45) is 0 Å². The number of rotatable bonds is 8. The van der Waals surface area contributed by atoms with Gasteiger partial charge in [0.05, 0.1) is 18.2 Å². The first-order valence-electron chi connectivity index (χ1n) is 11.1. The van der Waals surface area contributed by atoms with Gasteiger partial charge in [-0.05, 0) is 39.2 Å². The molecule has 0 aliphatic carbocycles. The van der Waals surface area contributed by atoms with Gasteiger partial charge in [0.25, 0.3) is 11.8 Å². The summed E-state index contributed by atoms with van der Waals surface area (Å²) in [4.78, 5) is 74.1. The number of nitrogens with zero attached hydrogens (tertiary/aromatic N) is 4. The van der Waals surface area contributed by atoms with Gasteiger partial charge in [0, 0.05) is 19.5 Å². The maximum absolute atomic E-state index is 13.5. The SMILES string of the molecule is CCn1nc(C)cc1C(=O)NC1CCC(=O)N2CCCC(C(=O)NC(C=O)CC(=O)O)N2C1=O. The molecule has 2 fully saturated rings. The fraction of sp³-hybridized carbons (Fsp3) is 0.571. The number of aldehydes is 1. The van der Waals surface area contributed by atoms with Crippen LogP contribution in [-0.4, -0.2) is 85.5 Å². The van der Waals surface area contributed by atoms with E-state index in [4.69, 9.17) is 5.11 Å². The van der Waals surface area contributed by atoms with Crippen LogP contribution in [0.25, 0.3) is 0 Å². The molecule has 2 saturated heterocycles. The number of fused-ring (bicyclic) bond motifs is 1. The van der Waals surface area contributed by atoms with E-state index in [-0.39, 0.29) is 37.4 Å². The van der Waals surface area contributed by atoms with E-state index in [0.717, 1.165) is 5.01 Å². The van der Waals surface area contributed by atoms with Crippen molar-refractivity contribution >= 4 is 35.9 Å². The summed E-state index contributed by atoms with van der Waals surface area (Å²) in [6.45, 7) is 4.24. The molecule has 0 saturated carbocycles. The molecule has 1 aromatic rings. The van der Waals surface area contributed by atoms with Crippen molar-refractivity contribution in [2.45, 2.75) is 70.6 Å². The lowest BCUT2D eigenvalue weighted by Crippen LogP contribution is -2.64. The lowest BCUT2D eigenvalue weighted by Gasteiger charge is -2.43. The Hall–Kier alpha value is -3.77. The molecule has 0 radical (unpaired) electrons. The van der Waals surface area contributed by atoms with E-state index in [9.17, 15) is 28.8 Å². The van der Waals surface area contributed by atoms with Crippen LogP contribution in [0.2, 0.25) is 0 Å². The number of carboxylic acids is 1. The first-order valence-corrected chi connectivity index (χ1v) is 11.1. The Labute approximate surface area is 195 Å². The Morgan fingerprint density at radius 1 is 1.29 bits per heavy atom. The summed E-state index contributed by atoms with van der Waals surface area (Å²) in [5.74, 6) is -3.53. The summed E-state index contributed by atoms with van der Waals surface area (Å²) in [6, 6.07) is -1.86. The highest BCUT2D eigenvalue weighted by molar-refractivity contribution is 5.99. The van der Waals surface area contributed by atoms with Gasteiger partial charge in [0.1, 0.15) is 24.1 Å². The Kier molecular flexibility index (Phi) is 7.64. The second-order valence-electron chi connectivity index (χ2n) is 8.26. The second kappa shape index (κ2) is 10.4. The monoisotopic (exact) mass is 476 g/mol. The summed E-state index contributed by atoms with van der Waals surface area (Å²) in [6.07, 6.45) is 0.391. The minimum Gasteiger partial charge on any atom is -0.481 e. The molecule has 0 spiro atoms. The average Bonchev–Trinajstić information content (AvgIpc) is 3.15. The number of nitrogens with one attached hydrogen (secondary N) is 2. The maximum atomic E-state index is 13.5. The van der Waals surface area contributed by atoms with Gasteiger partial charge in [-0.3, -0.25) is 33.7 Å². The van der Waals surface area contributed by atoms with E-state index in [0.29, 0.717) is 24.9 Å². The summed E-state index contributed by atoms with van der Waals surface area (Å²) in [7, 11) is 0. The van der Waals surface area contributed by atoms with Crippen molar-refractivity contribution in [1.82, 2.24) is 30.4 Å². The molecule has 3 rings (SSSR count). The number of carbonyl (C=O) groups is 6. The summed E-state index contributed by atoms with van der Waals surface area (Å²) >= 11 is 0. The molecule has 0 bridgehead atoms. The molecule has 0 aromatic carbocycles. The Morgan fingerprint density at radius 2 is 2.03 bits per heavy atom.